The molecule has 90 valence electrons. The predicted octanol–water partition coefficient (Wildman–Crippen LogP) is 1.17. The van der Waals surface area contributed by atoms with Crippen molar-refractivity contribution in [3.8, 4) is 0 Å². The fourth-order valence-corrected chi connectivity index (χ4v) is 1.80. The molecule has 0 saturated carbocycles. The summed E-state index contributed by atoms with van der Waals surface area (Å²) in [6.07, 6.45) is 2.27. The van der Waals surface area contributed by atoms with Gasteiger partial charge in [0.2, 0.25) is 0 Å². The number of rotatable bonds is 4. The van der Waals surface area contributed by atoms with Crippen molar-refractivity contribution < 1.29 is 9.90 Å². The highest BCUT2D eigenvalue weighted by atomic mass is 16.4. The Kier molecular flexibility index (Phi) is 2.79. The predicted molar refractivity (Wildman–Crippen MR) is 60.5 cm³/mol. The van der Waals surface area contributed by atoms with E-state index in [4.69, 9.17) is 5.11 Å². The van der Waals surface area contributed by atoms with E-state index in [9.17, 15) is 4.79 Å². The van der Waals surface area contributed by atoms with Crippen LogP contribution in [0.2, 0.25) is 0 Å². The average molecular weight is 234 g/mol. The van der Waals surface area contributed by atoms with Gasteiger partial charge in [-0.05, 0) is 17.5 Å². The van der Waals surface area contributed by atoms with Crippen LogP contribution in [0.15, 0.2) is 18.3 Å². The number of hydrogen-bond donors (Lipinski definition) is 1. The van der Waals surface area contributed by atoms with Crippen LogP contribution in [-0.2, 0) is 11.2 Å². The first kappa shape index (κ1) is 11.5. The summed E-state index contributed by atoms with van der Waals surface area (Å²) in [5, 5.41) is 21.0. The summed E-state index contributed by atoms with van der Waals surface area (Å²) in [4.78, 5) is 10.7. The van der Waals surface area contributed by atoms with Crippen LogP contribution in [0.4, 0.5) is 0 Å². The average Bonchev–Trinajstić information content (AvgIpc) is 2.59. The molecule has 0 atom stereocenters. The van der Waals surface area contributed by atoms with Crippen molar-refractivity contribution in [3.05, 3.63) is 24.2 Å². The van der Waals surface area contributed by atoms with E-state index in [1.807, 2.05) is 19.9 Å². The van der Waals surface area contributed by atoms with Gasteiger partial charge in [0, 0.05) is 12.6 Å². The largest absolute Gasteiger partial charge is 0.481 e. The quantitative estimate of drug-likeness (QED) is 0.858. The molecule has 0 aromatic carbocycles. The monoisotopic (exact) mass is 234 g/mol. The molecule has 0 aliphatic heterocycles. The lowest BCUT2D eigenvalue weighted by molar-refractivity contribution is -0.139. The molecule has 0 aliphatic rings. The van der Waals surface area contributed by atoms with E-state index < -0.39 is 5.97 Å². The molecule has 0 amide bonds. The number of carbonyl (C=O) groups is 1. The van der Waals surface area contributed by atoms with E-state index in [1.54, 1.807) is 16.8 Å². The second kappa shape index (κ2) is 4.12. The van der Waals surface area contributed by atoms with E-state index in [2.05, 4.69) is 15.3 Å². The van der Waals surface area contributed by atoms with E-state index in [1.165, 1.54) is 0 Å². The summed E-state index contributed by atoms with van der Waals surface area (Å²) in [7, 11) is 0. The first-order valence-corrected chi connectivity index (χ1v) is 5.35. The minimum atomic E-state index is -0.809. The minimum absolute atomic E-state index is 0.0920. The number of carboxylic acid groups (broad SMARTS) is 1. The second-order valence-corrected chi connectivity index (χ2v) is 4.82. The molecule has 2 aromatic heterocycles. The standard InChI is InChI=1S/C11H14N4O2/c1-11(2,7-10(16)17)6-9-14-13-8-4-3-5-12-15(8)9/h3-5H,6-7H2,1-2H3,(H,16,17). The maximum atomic E-state index is 10.7. The van der Waals surface area contributed by atoms with Gasteiger partial charge in [-0.25, -0.2) is 0 Å². The van der Waals surface area contributed by atoms with Crippen LogP contribution in [0.25, 0.3) is 5.65 Å². The fraction of sp³-hybridized carbons (Fsp3) is 0.455. The normalized spacial score (nSPS) is 11.9. The molecule has 0 radical (unpaired) electrons. The molecule has 2 aromatic rings. The molecule has 0 spiro atoms. The molecule has 0 saturated heterocycles. The van der Waals surface area contributed by atoms with Gasteiger partial charge in [-0.2, -0.15) is 9.61 Å². The highest BCUT2D eigenvalue weighted by Gasteiger charge is 2.25. The van der Waals surface area contributed by atoms with Crippen LogP contribution in [0.3, 0.4) is 0 Å². The van der Waals surface area contributed by atoms with E-state index in [-0.39, 0.29) is 11.8 Å². The SMILES string of the molecule is CC(C)(CC(=O)O)Cc1nnc2cccnn12. The Morgan fingerprint density at radius 2 is 2.24 bits per heavy atom. The van der Waals surface area contributed by atoms with Crippen molar-refractivity contribution in [2.24, 2.45) is 5.41 Å². The molecule has 17 heavy (non-hydrogen) atoms. The Morgan fingerprint density at radius 1 is 1.47 bits per heavy atom. The third-order valence-electron chi connectivity index (χ3n) is 2.51. The third kappa shape index (κ3) is 2.58. The zero-order chi connectivity index (χ0) is 12.5. The smallest absolute Gasteiger partial charge is 0.303 e. The van der Waals surface area contributed by atoms with Crippen molar-refractivity contribution in [2.45, 2.75) is 26.7 Å². The van der Waals surface area contributed by atoms with Crippen molar-refractivity contribution in [3.63, 3.8) is 0 Å². The number of nitrogens with zero attached hydrogens (tertiary/aromatic N) is 4. The number of aromatic nitrogens is 4. The van der Waals surface area contributed by atoms with Gasteiger partial charge in [-0.3, -0.25) is 4.79 Å². The lowest BCUT2D eigenvalue weighted by Crippen LogP contribution is -2.21. The molecule has 0 aliphatic carbocycles. The Bertz CT molecular complexity index is 547. The number of hydrogen-bond acceptors (Lipinski definition) is 4. The molecular weight excluding hydrogens is 220 g/mol. The van der Waals surface area contributed by atoms with Crippen LogP contribution in [0.1, 0.15) is 26.1 Å². The molecule has 6 nitrogen and oxygen atoms in total. The van der Waals surface area contributed by atoms with Crippen molar-refractivity contribution in [1.29, 1.82) is 0 Å². The summed E-state index contributed by atoms with van der Waals surface area (Å²) in [6.45, 7) is 3.79. The molecule has 0 fully saturated rings. The molecule has 1 N–H and O–H groups in total. The molecular formula is C11H14N4O2. The number of fused-ring (bicyclic) bond motifs is 1. The van der Waals surface area contributed by atoms with Crippen LogP contribution in [-0.4, -0.2) is 30.9 Å². The van der Waals surface area contributed by atoms with Gasteiger partial charge in [-0.15, -0.1) is 10.2 Å². The summed E-state index contributed by atoms with van der Waals surface area (Å²) in [5.74, 6) is -0.122. The van der Waals surface area contributed by atoms with Crippen LogP contribution in [0, 0.1) is 5.41 Å². The second-order valence-electron chi connectivity index (χ2n) is 4.82. The zero-order valence-corrected chi connectivity index (χ0v) is 9.79. The zero-order valence-electron chi connectivity index (χ0n) is 9.79. The Morgan fingerprint density at radius 3 is 2.94 bits per heavy atom. The van der Waals surface area contributed by atoms with Crippen LogP contribution < -0.4 is 0 Å². The summed E-state index contributed by atoms with van der Waals surface area (Å²) >= 11 is 0. The van der Waals surface area contributed by atoms with Gasteiger partial charge in [-0.1, -0.05) is 13.8 Å². The van der Waals surface area contributed by atoms with Gasteiger partial charge >= 0.3 is 5.97 Å². The molecule has 6 heteroatoms. The van der Waals surface area contributed by atoms with Gasteiger partial charge in [0.1, 0.15) is 0 Å². The van der Waals surface area contributed by atoms with Crippen molar-refractivity contribution in [1.82, 2.24) is 19.8 Å². The topological polar surface area (TPSA) is 80.4 Å². The number of aliphatic carboxylic acids is 1. The summed E-state index contributed by atoms with van der Waals surface area (Å²) < 4.78 is 1.64. The highest BCUT2D eigenvalue weighted by Crippen LogP contribution is 2.24. The van der Waals surface area contributed by atoms with E-state index in [0.717, 1.165) is 0 Å². The van der Waals surface area contributed by atoms with Gasteiger partial charge in [0.25, 0.3) is 0 Å². The van der Waals surface area contributed by atoms with Gasteiger partial charge in [0.05, 0.1) is 6.42 Å². The molecule has 2 heterocycles. The molecule has 0 bridgehead atoms. The lowest BCUT2D eigenvalue weighted by Gasteiger charge is -2.20. The third-order valence-corrected chi connectivity index (χ3v) is 2.51. The van der Waals surface area contributed by atoms with Crippen molar-refractivity contribution in [2.75, 3.05) is 0 Å². The van der Waals surface area contributed by atoms with Gasteiger partial charge < -0.3 is 5.11 Å². The highest BCUT2D eigenvalue weighted by molar-refractivity contribution is 5.67. The maximum absolute atomic E-state index is 10.7. The lowest BCUT2D eigenvalue weighted by atomic mass is 9.85. The summed E-state index contributed by atoms with van der Waals surface area (Å²) in [6, 6.07) is 3.60. The van der Waals surface area contributed by atoms with Gasteiger partial charge in [0.15, 0.2) is 11.5 Å². The molecule has 2 rings (SSSR count). The van der Waals surface area contributed by atoms with E-state index >= 15 is 0 Å². The minimum Gasteiger partial charge on any atom is -0.481 e. The van der Waals surface area contributed by atoms with Crippen molar-refractivity contribution >= 4 is 11.6 Å². The molecule has 0 unspecified atom stereocenters. The fourth-order valence-electron chi connectivity index (χ4n) is 1.80. The Labute approximate surface area is 98.3 Å². The van der Waals surface area contributed by atoms with Crippen LogP contribution in [0.5, 0.6) is 0 Å². The first-order chi connectivity index (χ1) is 7.98. The Balaban J connectivity index is 2.26. The Hall–Kier alpha value is -1.98. The maximum Gasteiger partial charge on any atom is 0.303 e. The van der Waals surface area contributed by atoms with E-state index in [0.29, 0.717) is 17.9 Å². The van der Waals surface area contributed by atoms with Crippen LogP contribution >= 0.6 is 0 Å². The number of carboxylic acids is 1. The first-order valence-electron chi connectivity index (χ1n) is 5.35. The summed E-state index contributed by atoms with van der Waals surface area (Å²) in [5.41, 5.74) is 0.306.